The van der Waals surface area contributed by atoms with Crippen molar-refractivity contribution in [3.8, 4) is 0 Å². The topological polar surface area (TPSA) is 40.5 Å². The number of para-hydroxylation sites is 1. The molecule has 21 heavy (non-hydrogen) atoms. The summed E-state index contributed by atoms with van der Waals surface area (Å²) in [6, 6.07) is 13.3. The standard InChI is InChI=1S/C16H13F2NO2/c17-16(18)14(12-8-6-11(10-20)7-9-12)19(15(16)21)13-4-2-1-3-5-13/h1-9,14,20H,10H2. The van der Waals surface area contributed by atoms with Gasteiger partial charge in [-0.3, -0.25) is 9.69 Å². The largest absolute Gasteiger partial charge is 0.392 e. The molecule has 1 N–H and O–H groups in total. The fraction of sp³-hybridized carbons (Fsp3) is 0.188. The lowest BCUT2D eigenvalue weighted by Gasteiger charge is -2.46. The zero-order valence-corrected chi connectivity index (χ0v) is 11.0. The molecule has 1 atom stereocenters. The van der Waals surface area contributed by atoms with Gasteiger partial charge in [0.25, 0.3) is 0 Å². The number of anilines is 1. The maximum absolute atomic E-state index is 14.0. The summed E-state index contributed by atoms with van der Waals surface area (Å²) in [5.74, 6) is -4.60. The van der Waals surface area contributed by atoms with Crippen LogP contribution in [0.25, 0.3) is 0 Å². The van der Waals surface area contributed by atoms with Gasteiger partial charge in [0.05, 0.1) is 6.61 Å². The number of β-lactam (4-membered cyclic amide) rings is 1. The number of benzene rings is 2. The number of nitrogens with zero attached hydrogens (tertiary/aromatic N) is 1. The first-order valence-electron chi connectivity index (χ1n) is 6.52. The lowest BCUT2D eigenvalue weighted by Crippen LogP contribution is -2.64. The summed E-state index contributed by atoms with van der Waals surface area (Å²) >= 11 is 0. The van der Waals surface area contributed by atoms with E-state index in [2.05, 4.69) is 0 Å². The molecule has 5 heteroatoms. The molecule has 1 saturated heterocycles. The van der Waals surface area contributed by atoms with Crippen molar-refractivity contribution in [3.05, 3.63) is 65.7 Å². The van der Waals surface area contributed by atoms with Crippen molar-refractivity contribution in [2.24, 2.45) is 0 Å². The minimum Gasteiger partial charge on any atom is -0.392 e. The van der Waals surface area contributed by atoms with Crippen LogP contribution in [0.4, 0.5) is 14.5 Å². The van der Waals surface area contributed by atoms with Crippen LogP contribution in [0.5, 0.6) is 0 Å². The second kappa shape index (κ2) is 4.93. The summed E-state index contributed by atoms with van der Waals surface area (Å²) in [4.78, 5) is 12.8. The quantitative estimate of drug-likeness (QED) is 0.883. The van der Waals surface area contributed by atoms with E-state index in [0.717, 1.165) is 4.90 Å². The van der Waals surface area contributed by atoms with E-state index < -0.39 is 17.9 Å². The van der Waals surface area contributed by atoms with Crippen LogP contribution >= 0.6 is 0 Å². The van der Waals surface area contributed by atoms with Crippen LogP contribution in [-0.2, 0) is 11.4 Å². The third kappa shape index (κ3) is 2.10. The number of amides is 1. The number of halogens is 2. The molecule has 1 unspecified atom stereocenters. The molecule has 2 aromatic rings. The Morgan fingerprint density at radius 2 is 1.67 bits per heavy atom. The number of hydrogen-bond donors (Lipinski definition) is 1. The van der Waals surface area contributed by atoms with E-state index in [1.165, 1.54) is 12.1 Å². The smallest absolute Gasteiger partial charge is 0.349 e. The van der Waals surface area contributed by atoms with Crippen molar-refractivity contribution in [2.75, 3.05) is 4.90 Å². The average molecular weight is 289 g/mol. The monoisotopic (exact) mass is 289 g/mol. The molecule has 0 saturated carbocycles. The number of aliphatic hydroxyl groups excluding tert-OH is 1. The van der Waals surface area contributed by atoms with Gasteiger partial charge in [0.1, 0.15) is 6.04 Å². The molecule has 108 valence electrons. The lowest BCUT2D eigenvalue weighted by molar-refractivity contribution is -0.162. The zero-order chi connectivity index (χ0) is 15.0. The van der Waals surface area contributed by atoms with E-state index in [9.17, 15) is 13.6 Å². The number of alkyl halides is 2. The third-order valence-electron chi connectivity index (χ3n) is 3.62. The molecule has 3 rings (SSSR count). The van der Waals surface area contributed by atoms with E-state index in [-0.39, 0.29) is 6.61 Å². The van der Waals surface area contributed by atoms with Crippen molar-refractivity contribution < 1.29 is 18.7 Å². The molecule has 2 aromatic carbocycles. The van der Waals surface area contributed by atoms with E-state index in [1.807, 2.05) is 0 Å². The van der Waals surface area contributed by atoms with Crippen LogP contribution in [0, 0.1) is 0 Å². The van der Waals surface area contributed by atoms with Crippen molar-refractivity contribution in [3.63, 3.8) is 0 Å². The van der Waals surface area contributed by atoms with Crippen molar-refractivity contribution >= 4 is 11.6 Å². The zero-order valence-electron chi connectivity index (χ0n) is 11.0. The van der Waals surface area contributed by atoms with Gasteiger partial charge in [-0.25, -0.2) is 0 Å². The van der Waals surface area contributed by atoms with Gasteiger partial charge in [-0.05, 0) is 23.3 Å². The summed E-state index contributed by atoms with van der Waals surface area (Å²) in [5, 5.41) is 9.00. The Bertz CT molecular complexity index is 656. The molecule has 1 aliphatic rings. The normalized spacial score (nSPS) is 20.2. The molecule has 1 amide bonds. The van der Waals surface area contributed by atoms with E-state index >= 15 is 0 Å². The maximum atomic E-state index is 14.0. The highest BCUT2D eigenvalue weighted by atomic mass is 19.3. The number of hydrogen-bond acceptors (Lipinski definition) is 2. The van der Waals surface area contributed by atoms with E-state index in [4.69, 9.17) is 5.11 Å². The first kappa shape index (κ1) is 13.7. The van der Waals surface area contributed by atoms with Crippen LogP contribution in [0.15, 0.2) is 54.6 Å². The van der Waals surface area contributed by atoms with E-state index in [0.29, 0.717) is 16.8 Å². The molecule has 1 fully saturated rings. The van der Waals surface area contributed by atoms with Crippen molar-refractivity contribution in [1.82, 2.24) is 0 Å². The van der Waals surface area contributed by atoms with Gasteiger partial charge in [-0.15, -0.1) is 0 Å². The van der Waals surface area contributed by atoms with Crippen molar-refractivity contribution in [1.29, 1.82) is 0 Å². The van der Waals surface area contributed by atoms with Gasteiger partial charge in [-0.1, -0.05) is 42.5 Å². The molecule has 0 spiro atoms. The Hall–Kier alpha value is -2.27. The number of rotatable bonds is 3. The lowest BCUT2D eigenvalue weighted by atomic mass is 9.88. The summed E-state index contributed by atoms with van der Waals surface area (Å²) in [5.41, 5.74) is 1.43. The molecular weight excluding hydrogens is 276 g/mol. The van der Waals surface area contributed by atoms with Gasteiger partial charge < -0.3 is 5.11 Å². The molecule has 1 aliphatic heterocycles. The van der Waals surface area contributed by atoms with Crippen LogP contribution in [0.2, 0.25) is 0 Å². The molecule has 0 radical (unpaired) electrons. The van der Waals surface area contributed by atoms with Gasteiger partial charge in [-0.2, -0.15) is 8.78 Å². The molecular formula is C16H13F2NO2. The molecule has 3 nitrogen and oxygen atoms in total. The van der Waals surface area contributed by atoms with Crippen LogP contribution in [0.1, 0.15) is 17.2 Å². The highest BCUT2D eigenvalue weighted by Gasteiger charge is 2.64. The molecule has 0 bridgehead atoms. The second-order valence-electron chi connectivity index (χ2n) is 4.94. The fourth-order valence-corrected chi connectivity index (χ4v) is 2.51. The van der Waals surface area contributed by atoms with Crippen LogP contribution in [-0.4, -0.2) is 16.9 Å². The van der Waals surface area contributed by atoms with Gasteiger partial charge in [0.2, 0.25) is 0 Å². The number of carbonyl (C=O) groups is 1. The minimum absolute atomic E-state index is 0.150. The highest BCUT2D eigenvalue weighted by Crippen LogP contribution is 2.49. The highest BCUT2D eigenvalue weighted by molar-refractivity contribution is 6.07. The Balaban J connectivity index is 1.99. The number of carbonyl (C=O) groups excluding carboxylic acids is 1. The van der Waals surface area contributed by atoms with Gasteiger partial charge in [0.15, 0.2) is 0 Å². The van der Waals surface area contributed by atoms with Crippen LogP contribution < -0.4 is 4.90 Å². The molecule has 0 aromatic heterocycles. The fourth-order valence-electron chi connectivity index (χ4n) is 2.51. The maximum Gasteiger partial charge on any atom is 0.349 e. The summed E-state index contributed by atoms with van der Waals surface area (Å²) < 4.78 is 27.9. The summed E-state index contributed by atoms with van der Waals surface area (Å²) in [6.07, 6.45) is 0. The molecule has 0 aliphatic carbocycles. The average Bonchev–Trinajstić information content (AvgIpc) is 2.53. The van der Waals surface area contributed by atoms with Crippen LogP contribution in [0.3, 0.4) is 0 Å². The van der Waals surface area contributed by atoms with E-state index in [1.54, 1.807) is 42.5 Å². The Morgan fingerprint density at radius 1 is 1.05 bits per heavy atom. The first-order valence-corrected chi connectivity index (χ1v) is 6.52. The predicted molar refractivity (Wildman–Crippen MR) is 74.0 cm³/mol. The third-order valence-corrected chi connectivity index (χ3v) is 3.62. The van der Waals surface area contributed by atoms with Gasteiger partial charge >= 0.3 is 11.8 Å². The second-order valence-corrected chi connectivity index (χ2v) is 4.94. The van der Waals surface area contributed by atoms with Gasteiger partial charge in [0, 0.05) is 5.69 Å². The molecule has 1 heterocycles. The predicted octanol–water partition coefficient (Wildman–Crippen LogP) is 2.90. The van der Waals surface area contributed by atoms with Crippen molar-refractivity contribution in [2.45, 2.75) is 18.6 Å². The summed E-state index contributed by atoms with van der Waals surface area (Å²) in [7, 11) is 0. The first-order chi connectivity index (χ1) is 10.1. The summed E-state index contributed by atoms with van der Waals surface area (Å²) in [6.45, 7) is -0.150. The Kier molecular flexibility index (Phi) is 3.22. The Morgan fingerprint density at radius 3 is 2.24 bits per heavy atom. The number of aliphatic hydroxyl groups is 1. The Labute approximate surface area is 120 Å². The minimum atomic E-state index is -3.41. The SMILES string of the molecule is O=C1N(c2ccccc2)C(c2ccc(CO)cc2)C1(F)F.